The molecule has 1 unspecified atom stereocenters. The van der Waals surface area contributed by atoms with Crippen LogP contribution < -0.4 is 0 Å². The molecule has 19 nitrogen and oxygen atoms in total. The molecule has 38 heteroatoms. The quantitative estimate of drug-likeness (QED) is 0.0392. The number of aromatic nitrogens is 10. The van der Waals surface area contributed by atoms with Gasteiger partial charge in [0.1, 0.15) is 59.1 Å². The lowest BCUT2D eigenvalue weighted by atomic mass is 9.86. The van der Waals surface area contributed by atoms with Gasteiger partial charge >= 0.3 is 12.4 Å². The first-order valence-electron chi connectivity index (χ1n) is 38.8. The third kappa shape index (κ3) is 19.0. The summed E-state index contributed by atoms with van der Waals surface area (Å²) < 4.78 is 258. The molecule has 1 amide bonds. The average molecular weight is 1810 g/mol. The van der Waals surface area contributed by atoms with E-state index < -0.39 is 192 Å². The van der Waals surface area contributed by atoms with Crippen molar-refractivity contribution < 1.29 is 97.5 Å². The minimum atomic E-state index is -5.06. The second kappa shape index (κ2) is 33.8. The van der Waals surface area contributed by atoms with E-state index in [2.05, 4.69) is 55.7 Å². The number of nitrogens with zero attached hydrogens (tertiary/aromatic N) is 11. The summed E-state index contributed by atoms with van der Waals surface area (Å²) in [6.07, 6.45) is -4.64. The minimum absolute atomic E-state index is 0.0748. The lowest BCUT2D eigenvalue weighted by molar-refractivity contribution is -0.143. The maximum atomic E-state index is 15.5. The van der Waals surface area contributed by atoms with E-state index in [0.29, 0.717) is 84.2 Å². The Bertz CT molecular complexity index is 6330. The van der Waals surface area contributed by atoms with Gasteiger partial charge in [0.15, 0.2) is 42.6 Å². The predicted molar refractivity (Wildman–Crippen MR) is 426 cm³/mol. The van der Waals surface area contributed by atoms with Gasteiger partial charge in [-0.05, 0) is 158 Å². The van der Waals surface area contributed by atoms with Gasteiger partial charge in [0.25, 0.3) is 11.8 Å². The number of amides is 1. The molecule has 10 aromatic rings. The van der Waals surface area contributed by atoms with E-state index in [1.54, 1.807) is 61.5 Å². The topological polar surface area (TPSA) is 237 Å². The number of Topliss-reactive ketones (excluding diaryl/α,β-unsaturated/α-hetero) is 2. The molecule has 0 N–H and O–H groups in total. The Balaban J connectivity index is 0.000000192. The fraction of sp³-hybridized carbons (Fsp3) is 0.412. The van der Waals surface area contributed by atoms with Crippen LogP contribution in [0, 0.1) is 64.7 Å². The molecule has 4 aromatic carbocycles. The number of aryl methyl sites for hydroxylation is 2. The highest BCUT2D eigenvalue weighted by molar-refractivity contribution is 7.90. The summed E-state index contributed by atoms with van der Waals surface area (Å²) in [6.45, 7) is 1.33. The highest BCUT2D eigenvalue weighted by Crippen LogP contribution is 2.70. The zero-order valence-corrected chi connectivity index (χ0v) is 70.1. The second-order valence-corrected chi connectivity index (χ2v) is 37.7. The van der Waals surface area contributed by atoms with E-state index in [9.17, 15) is 79.9 Å². The molecule has 7 heterocycles. The van der Waals surface area contributed by atoms with Crippen molar-refractivity contribution in [2.24, 2.45) is 31.8 Å². The number of fused-ring (bicyclic) bond motifs is 8. The van der Waals surface area contributed by atoms with Crippen molar-refractivity contribution in [3.8, 4) is 45.9 Å². The lowest BCUT2D eigenvalue weighted by Crippen LogP contribution is -2.32. The molecular weight excluding hydrogens is 1740 g/mol. The number of ketones is 2. The summed E-state index contributed by atoms with van der Waals surface area (Å²) in [6, 6.07) is 18.0. The molecule has 6 aromatic heterocycles. The average Bonchev–Trinajstić information content (AvgIpc) is 1.52. The first-order valence-corrected chi connectivity index (χ1v) is 44.1. The van der Waals surface area contributed by atoms with Crippen LogP contribution in [0.5, 0.6) is 0 Å². The molecule has 648 valence electrons. The zero-order valence-electron chi connectivity index (χ0n) is 66.1. The Labute approximate surface area is 710 Å². The Kier molecular flexibility index (Phi) is 24.5. The smallest absolute Gasteiger partial charge is 0.329 e. The van der Waals surface area contributed by atoms with Gasteiger partial charge < -0.3 is 4.90 Å². The van der Waals surface area contributed by atoms with Crippen LogP contribution in [-0.4, -0.2) is 119 Å². The summed E-state index contributed by atoms with van der Waals surface area (Å²) in [5.41, 5.74) is -2.30. The summed E-state index contributed by atoms with van der Waals surface area (Å²) in [5.74, 6) is -7.91. The Morgan fingerprint density at radius 1 is 0.545 bits per heavy atom. The molecule has 0 bridgehead atoms. The zero-order chi connectivity index (χ0) is 89.0. The van der Waals surface area contributed by atoms with E-state index in [4.69, 9.17) is 33.2 Å². The van der Waals surface area contributed by atoms with Crippen LogP contribution in [0.3, 0.4) is 0 Å². The number of pyridine rings is 2. The number of hydrogen-bond donors (Lipinski definition) is 0. The van der Waals surface area contributed by atoms with Gasteiger partial charge in [0.2, 0.25) is 11.1 Å². The van der Waals surface area contributed by atoms with Crippen molar-refractivity contribution in [3.63, 3.8) is 0 Å². The second-order valence-electron chi connectivity index (χ2n) is 32.1. The van der Waals surface area contributed by atoms with Gasteiger partial charge in [-0.1, -0.05) is 60.0 Å². The Morgan fingerprint density at radius 3 is 1.30 bits per heavy atom. The molecular formula is C85H74Cl3F14N11O8S2. The van der Waals surface area contributed by atoms with Gasteiger partial charge in [0, 0.05) is 146 Å². The van der Waals surface area contributed by atoms with E-state index >= 15 is 17.6 Å². The largest absolute Gasteiger partial charge is 0.435 e. The number of hydrogen-bond acceptors (Lipinski definition) is 14. The van der Waals surface area contributed by atoms with Gasteiger partial charge in [0.05, 0.1) is 61.4 Å². The first-order chi connectivity index (χ1) is 57.6. The fourth-order valence-corrected chi connectivity index (χ4v) is 19.6. The molecule has 3 saturated carbocycles. The number of carbonyl (C=O) groups excluding carboxylic acids is 4. The number of benzene rings is 4. The number of halogens is 17. The molecule has 4 fully saturated rings. The van der Waals surface area contributed by atoms with Crippen LogP contribution in [0.2, 0.25) is 10.0 Å². The number of rotatable bonds is 20. The van der Waals surface area contributed by atoms with Crippen molar-refractivity contribution in [1.29, 1.82) is 0 Å². The van der Waals surface area contributed by atoms with Gasteiger partial charge in [-0.3, -0.25) is 37.9 Å². The molecule has 0 spiro atoms. The third-order valence-electron chi connectivity index (χ3n) is 22.6. The molecule has 5 aliphatic carbocycles. The van der Waals surface area contributed by atoms with Crippen LogP contribution in [0.15, 0.2) is 84.9 Å². The van der Waals surface area contributed by atoms with Gasteiger partial charge in [-0.15, -0.1) is 0 Å². The van der Waals surface area contributed by atoms with E-state index in [0.717, 1.165) is 68.9 Å². The lowest BCUT2D eigenvalue weighted by Gasteiger charge is -2.22. The number of likely N-dealkylation sites (tertiary alicyclic amines) is 1. The number of carbonyl (C=O) groups is 4. The SMILES string of the molecule is CC(=O)Cl.CC(=O)N1CCCC1C#Cc1ccc(-c2ccc(Cl)c3c(CS(C)(=O)=O)nn(C)c23)c([C@@H](CC(=O)Cn2nc(C(F)(F)F)c3c2C(F)(F)[C@@H]2C[C@H]32)Cc2cc(F)cc(F)c2)n1.Cn1nc(CS(C)(=O)=O)c2c(Cl)ccc(-c3ccc(C#CC4CCCC4)nc3[C@@H](CC(=O)Cn3nc(C(F)(F)F)c4c3C(F)(F)[C@@H]3C[C@H]43)Cc3cc(F)cc(F)c3)c21. The van der Waals surface area contributed by atoms with Crippen molar-refractivity contribution in [3.05, 3.63) is 197 Å². The highest BCUT2D eigenvalue weighted by atomic mass is 35.5. The Morgan fingerprint density at radius 2 is 0.927 bits per heavy atom. The molecule has 1 saturated heterocycles. The normalized spacial score (nSPS) is 19.0. The van der Waals surface area contributed by atoms with Crippen LogP contribution in [0.4, 0.5) is 61.5 Å². The van der Waals surface area contributed by atoms with Gasteiger partial charge in [-0.2, -0.15) is 64.3 Å². The maximum absolute atomic E-state index is 15.5. The van der Waals surface area contributed by atoms with E-state index in [1.165, 1.54) is 29.3 Å². The monoisotopic (exact) mass is 1810 g/mol. The molecule has 6 aliphatic rings. The highest BCUT2D eigenvalue weighted by Gasteiger charge is 2.70. The van der Waals surface area contributed by atoms with Crippen LogP contribution in [0.25, 0.3) is 44.1 Å². The van der Waals surface area contributed by atoms with E-state index in [-0.39, 0.29) is 92.4 Å². The van der Waals surface area contributed by atoms with Crippen molar-refractivity contribution in [1.82, 2.24) is 54.0 Å². The van der Waals surface area contributed by atoms with Crippen LogP contribution in [-0.2, 0) is 115 Å². The van der Waals surface area contributed by atoms with E-state index in [1.807, 2.05) is 0 Å². The Hall–Kier alpha value is -10.1. The summed E-state index contributed by atoms with van der Waals surface area (Å²) in [5, 5.41) is 16.6. The summed E-state index contributed by atoms with van der Waals surface area (Å²) >= 11 is 17.9. The first kappa shape index (κ1) is 89.2. The maximum Gasteiger partial charge on any atom is 0.435 e. The molecule has 7 atom stereocenters. The minimum Gasteiger partial charge on any atom is -0.329 e. The van der Waals surface area contributed by atoms with Crippen LogP contribution in [0.1, 0.15) is 181 Å². The van der Waals surface area contributed by atoms with Crippen LogP contribution >= 0.6 is 34.8 Å². The summed E-state index contributed by atoms with van der Waals surface area (Å²) in [4.78, 5) is 61.1. The molecule has 0 radical (unpaired) electrons. The fourth-order valence-electron chi connectivity index (χ4n) is 17.7. The number of sulfone groups is 2. The van der Waals surface area contributed by atoms with Gasteiger partial charge in [-0.25, -0.2) is 44.4 Å². The number of alkyl halides is 10. The predicted octanol–water partition coefficient (Wildman–Crippen LogP) is 17.7. The van der Waals surface area contributed by atoms with Crippen molar-refractivity contribution in [2.45, 2.75) is 169 Å². The van der Waals surface area contributed by atoms with Crippen molar-refractivity contribution >= 4 is 99.0 Å². The third-order valence-corrected chi connectivity index (χ3v) is 24.8. The van der Waals surface area contributed by atoms with Crippen molar-refractivity contribution in [2.75, 3.05) is 19.1 Å². The molecule has 1 aliphatic heterocycles. The summed E-state index contributed by atoms with van der Waals surface area (Å²) in [7, 11) is -4.01. The molecule has 123 heavy (non-hydrogen) atoms. The standard InChI is InChI=1S/C42H36ClF7N6O4S.C41H35ClF7N5O3S.C2H3ClO/c1-21(57)55-12-4-5-27(55)8-6-26-7-9-29(30-10-11-33(43)36-34(20-61(3,59)60)52-54(2)38(30)36)37(51-26)23(13-22-14-24(44)17-25(45)15-22)16-28(58)19-56-40-35(39(53-56)42(48,49)50)31-18-32(31)41(40,46)47;1-53-37-29(11-12-32(42)35(37)33(51-53)20-58(2,56)57)28-10-9-26(8-7-21-5-3-4-6-21)50-36(28)23(13-22-14-24(43)17-25(44)15-22)16-27(55)19-54-39-34(38(52-54)41(47,48)49)30-18-31(30)40(39,45)46;1-2(3)4/h7,9-11,14-15,17,23,27,31-32H,4-5,12-13,16,18-20H2,1-3H3;9-12,14-15,17,21,23,30-31H,3-6,13,16,18-20H2,1-2H3;1H3/t23-,27?,31+,32-;23-,30+,31-;/m11./s1. The molecule has 16 rings (SSSR count).